The Hall–Kier alpha value is -1.82. The van der Waals surface area contributed by atoms with Gasteiger partial charge in [-0.25, -0.2) is 4.98 Å². The third-order valence-electron chi connectivity index (χ3n) is 2.93. The third-order valence-corrected chi connectivity index (χ3v) is 3.62. The van der Waals surface area contributed by atoms with E-state index in [1.54, 1.807) is 6.20 Å². The summed E-state index contributed by atoms with van der Waals surface area (Å²) in [7, 11) is 1.94. The molecule has 0 atom stereocenters. The number of anilines is 1. The van der Waals surface area contributed by atoms with Crippen molar-refractivity contribution in [3.8, 4) is 0 Å². The van der Waals surface area contributed by atoms with Gasteiger partial charge in [-0.05, 0) is 12.1 Å². The lowest BCUT2D eigenvalue weighted by Crippen LogP contribution is -2.25. The summed E-state index contributed by atoms with van der Waals surface area (Å²) >= 11 is 3.54. The normalized spacial score (nSPS) is 11.8. The molecule has 0 aliphatic rings. The molecule has 0 bridgehead atoms. The molecule has 1 aromatic heterocycles. The fourth-order valence-electron chi connectivity index (χ4n) is 1.90. The molecular weight excluding hydrogens is 308 g/mol. The van der Waals surface area contributed by atoms with E-state index in [4.69, 9.17) is 10.9 Å². The maximum absolute atomic E-state index is 8.55. The minimum atomic E-state index is 0.216. The smallest absolute Gasteiger partial charge is 0.140 e. The number of hydrogen-bond acceptors (Lipinski definition) is 4. The Morgan fingerprint density at radius 2 is 2.21 bits per heavy atom. The van der Waals surface area contributed by atoms with E-state index in [2.05, 4.69) is 26.1 Å². The quantitative estimate of drug-likeness (QED) is 0.392. The van der Waals surface area contributed by atoms with Gasteiger partial charge < -0.3 is 15.8 Å². The number of amidine groups is 1. The molecule has 19 heavy (non-hydrogen) atoms. The van der Waals surface area contributed by atoms with Crippen LogP contribution in [0.3, 0.4) is 0 Å². The number of fused-ring (bicyclic) bond motifs is 1. The Morgan fingerprint density at radius 3 is 2.95 bits per heavy atom. The Labute approximate surface area is 119 Å². The van der Waals surface area contributed by atoms with Crippen LogP contribution in [0.5, 0.6) is 0 Å². The Kier molecular flexibility index (Phi) is 4.21. The van der Waals surface area contributed by atoms with Gasteiger partial charge in [0.1, 0.15) is 11.7 Å². The molecule has 0 spiro atoms. The summed E-state index contributed by atoms with van der Waals surface area (Å²) in [5.74, 6) is 1.10. The van der Waals surface area contributed by atoms with E-state index in [0.717, 1.165) is 21.1 Å². The third kappa shape index (κ3) is 2.96. The summed E-state index contributed by atoms with van der Waals surface area (Å²) in [6.45, 7) is 0.633. The van der Waals surface area contributed by atoms with Gasteiger partial charge in [0.2, 0.25) is 0 Å². The maximum atomic E-state index is 8.55. The highest BCUT2D eigenvalue weighted by atomic mass is 79.9. The fourth-order valence-corrected chi connectivity index (χ4v) is 2.39. The van der Waals surface area contributed by atoms with Crippen LogP contribution in [0.1, 0.15) is 6.42 Å². The Morgan fingerprint density at radius 1 is 1.42 bits per heavy atom. The molecule has 0 amide bonds. The monoisotopic (exact) mass is 322 g/mol. The molecular formula is C13H15BrN4O. The van der Waals surface area contributed by atoms with Crippen molar-refractivity contribution >= 4 is 38.4 Å². The van der Waals surface area contributed by atoms with Crippen molar-refractivity contribution in [2.75, 3.05) is 18.5 Å². The molecule has 0 aliphatic heterocycles. The van der Waals surface area contributed by atoms with Crippen LogP contribution in [0, 0.1) is 0 Å². The van der Waals surface area contributed by atoms with Crippen LogP contribution in [0.4, 0.5) is 5.82 Å². The van der Waals surface area contributed by atoms with E-state index in [0.29, 0.717) is 13.0 Å². The fraction of sp³-hybridized carbons (Fsp3) is 0.231. The molecule has 2 rings (SSSR count). The lowest BCUT2D eigenvalue weighted by Gasteiger charge is -2.19. The average Bonchev–Trinajstić information content (AvgIpc) is 2.44. The first-order valence-electron chi connectivity index (χ1n) is 5.84. The first-order chi connectivity index (χ1) is 9.13. The van der Waals surface area contributed by atoms with Crippen LogP contribution < -0.4 is 10.6 Å². The maximum Gasteiger partial charge on any atom is 0.140 e. The van der Waals surface area contributed by atoms with Gasteiger partial charge in [0, 0.05) is 41.5 Å². The van der Waals surface area contributed by atoms with Gasteiger partial charge >= 0.3 is 0 Å². The summed E-state index contributed by atoms with van der Waals surface area (Å²) in [6.07, 6.45) is 2.27. The zero-order valence-corrected chi connectivity index (χ0v) is 12.1. The van der Waals surface area contributed by atoms with Crippen molar-refractivity contribution in [1.82, 2.24) is 4.98 Å². The highest BCUT2D eigenvalue weighted by Gasteiger charge is 2.09. The van der Waals surface area contributed by atoms with Gasteiger partial charge in [-0.1, -0.05) is 33.2 Å². The van der Waals surface area contributed by atoms with E-state index in [1.807, 2.05) is 36.2 Å². The molecule has 0 saturated heterocycles. The van der Waals surface area contributed by atoms with Crippen LogP contribution in [0.15, 0.2) is 40.1 Å². The molecule has 5 nitrogen and oxygen atoms in total. The molecule has 100 valence electrons. The predicted octanol–water partition coefficient (Wildman–Crippen LogP) is 2.57. The second kappa shape index (κ2) is 5.88. The van der Waals surface area contributed by atoms with Crippen LogP contribution in [-0.2, 0) is 0 Å². The number of halogens is 1. The molecule has 0 unspecified atom stereocenters. The van der Waals surface area contributed by atoms with Crippen molar-refractivity contribution in [3.05, 3.63) is 34.9 Å². The van der Waals surface area contributed by atoms with Crippen molar-refractivity contribution < 1.29 is 5.21 Å². The summed E-state index contributed by atoms with van der Waals surface area (Å²) in [5, 5.41) is 13.7. The Balaban J connectivity index is 2.32. The standard InChI is InChI=1S/C13H15BrN4O/c1-18(8-6-12(15)17-19)13-10-3-2-4-11(14)9(10)5-7-16-13/h2-5,7,19H,6,8H2,1H3,(H2,15,17). The molecule has 0 fully saturated rings. The largest absolute Gasteiger partial charge is 0.409 e. The van der Waals surface area contributed by atoms with Crippen molar-refractivity contribution in [3.63, 3.8) is 0 Å². The molecule has 0 radical (unpaired) electrons. The molecule has 0 aliphatic carbocycles. The molecule has 1 heterocycles. The first-order valence-corrected chi connectivity index (χ1v) is 6.63. The first kappa shape index (κ1) is 13.6. The van der Waals surface area contributed by atoms with Crippen LogP contribution in [0.25, 0.3) is 10.8 Å². The number of nitrogens with two attached hydrogens (primary N) is 1. The highest BCUT2D eigenvalue weighted by Crippen LogP contribution is 2.29. The molecule has 0 saturated carbocycles. The van der Waals surface area contributed by atoms with Crippen molar-refractivity contribution in [2.24, 2.45) is 10.9 Å². The summed E-state index contributed by atoms with van der Waals surface area (Å²) in [5.41, 5.74) is 5.48. The van der Waals surface area contributed by atoms with Gasteiger partial charge in [-0.15, -0.1) is 0 Å². The minimum Gasteiger partial charge on any atom is -0.409 e. The van der Waals surface area contributed by atoms with E-state index in [-0.39, 0.29) is 5.84 Å². The number of hydrogen-bond donors (Lipinski definition) is 2. The van der Waals surface area contributed by atoms with E-state index in [9.17, 15) is 0 Å². The number of benzene rings is 1. The second-order valence-electron chi connectivity index (χ2n) is 4.23. The van der Waals surface area contributed by atoms with Crippen molar-refractivity contribution in [1.29, 1.82) is 0 Å². The average molecular weight is 323 g/mol. The van der Waals surface area contributed by atoms with E-state index in [1.165, 1.54) is 0 Å². The molecule has 2 aromatic rings. The number of pyridine rings is 1. The molecule has 6 heteroatoms. The summed E-state index contributed by atoms with van der Waals surface area (Å²) in [6, 6.07) is 7.99. The van der Waals surface area contributed by atoms with Gasteiger partial charge in [-0.3, -0.25) is 0 Å². The van der Waals surface area contributed by atoms with E-state index >= 15 is 0 Å². The zero-order valence-electron chi connectivity index (χ0n) is 10.5. The van der Waals surface area contributed by atoms with Gasteiger partial charge in [0.05, 0.1) is 0 Å². The second-order valence-corrected chi connectivity index (χ2v) is 5.09. The predicted molar refractivity (Wildman–Crippen MR) is 80.7 cm³/mol. The topological polar surface area (TPSA) is 74.7 Å². The lowest BCUT2D eigenvalue weighted by atomic mass is 10.1. The van der Waals surface area contributed by atoms with E-state index < -0.39 is 0 Å². The van der Waals surface area contributed by atoms with Crippen LogP contribution in [0.2, 0.25) is 0 Å². The van der Waals surface area contributed by atoms with Crippen LogP contribution in [-0.4, -0.2) is 29.6 Å². The number of rotatable bonds is 4. The highest BCUT2D eigenvalue weighted by molar-refractivity contribution is 9.10. The van der Waals surface area contributed by atoms with Gasteiger partial charge in [-0.2, -0.15) is 0 Å². The van der Waals surface area contributed by atoms with Crippen LogP contribution >= 0.6 is 15.9 Å². The molecule has 3 N–H and O–H groups in total. The summed E-state index contributed by atoms with van der Waals surface area (Å²) < 4.78 is 1.04. The number of aromatic nitrogens is 1. The van der Waals surface area contributed by atoms with Crippen molar-refractivity contribution in [2.45, 2.75) is 6.42 Å². The Bertz CT molecular complexity index is 615. The van der Waals surface area contributed by atoms with Gasteiger partial charge in [0.25, 0.3) is 0 Å². The zero-order chi connectivity index (χ0) is 13.8. The summed E-state index contributed by atoms with van der Waals surface area (Å²) in [4.78, 5) is 6.41. The minimum absolute atomic E-state index is 0.216. The van der Waals surface area contributed by atoms with Gasteiger partial charge in [0.15, 0.2) is 0 Å². The number of nitrogens with zero attached hydrogens (tertiary/aromatic N) is 3. The SMILES string of the molecule is CN(CC/C(N)=N/O)c1nccc2c(Br)cccc12. The number of oxime groups is 1. The molecule has 1 aromatic carbocycles. The lowest BCUT2D eigenvalue weighted by molar-refractivity contribution is 0.317.